The molecule has 1 aliphatic rings. The first-order chi connectivity index (χ1) is 3.72. The van der Waals surface area contributed by atoms with E-state index in [9.17, 15) is 0 Å². The fourth-order valence-corrected chi connectivity index (χ4v) is 1.03. The Balaban J connectivity index is 2.22. The van der Waals surface area contributed by atoms with E-state index in [1.54, 1.807) is 0 Å². The summed E-state index contributed by atoms with van der Waals surface area (Å²) in [5.74, 6) is 1.55. The van der Waals surface area contributed by atoms with Gasteiger partial charge >= 0.3 is 0 Å². The molecule has 1 aliphatic carbocycles. The van der Waals surface area contributed by atoms with Crippen LogP contribution in [0.15, 0.2) is 0 Å². The van der Waals surface area contributed by atoms with E-state index in [0.717, 1.165) is 5.92 Å². The molecule has 0 aromatic heterocycles. The molecule has 1 fully saturated rings. The highest BCUT2D eigenvalue weighted by Crippen LogP contribution is 2.34. The molecule has 0 aliphatic heterocycles. The lowest BCUT2D eigenvalue weighted by molar-refractivity contribution is 0.447. The molecule has 48 valence electrons. The Kier molecular flexibility index (Phi) is 1.57. The van der Waals surface area contributed by atoms with E-state index in [0.29, 0.717) is 12.0 Å². The van der Waals surface area contributed by atoms with Gasteiger partial charge in [0.15, 0.2) is 0 Å². The first-order valence-electron chi connectivity index (χ1n) is 3.47. The second-order valence-corrected chi connectivity index (χ2v) is 3.16. The van der Waals surface area contributed by atoms with Crippen LogP contribution in [-0.2, 0) is 0 Å². The zero-order valence-corrected chi connectivity index (χ0v) is 5.72. The summed E-state index contributed by atoms with van der Waals surface area (Å²) in [5.41, 5.74) is 5.82. The number of hydrogen-bond donors (Lipinski definition) is 1. The quantitative estimate of drug-likeness (QED) is 0.575. The molecule has 8 heavy (non-hydrogen) atoms. The van der Waals surface area contributed by atoms with Crippen LogP contribution in [0.1, 0.15) is 26.7 Å². The number of hydrogen-bond acceptors (Lipinski definition) is 1. The molecular weight excluding hydrogens is 98.1 g/mol. The summed E-state index contributed by atoms with van der Waals surface area (Å²) in [6.45, 7) is 4.39. The van der Waals surface area contributed by atoms with Crippen LogP contribution in [-0.4, -0.2) is 6.04 Å². The standard InChI is InChI=1S/C7H15N/c1-5(2)7(8)6-3-4-6/h5-7H,3-4,8H2,1-2H3. The lowest BCUT2D eigenvalue weighted by Crippen LogP contribution is -2.28. The molecule has 0 heterocycles. The van der Waals surface area contributed by atoms with Crippen LogP contribution < -0.4 is 5.73 Å². The average Bonchev–Trinajstić information content (AvgIpc) is 2.43. The molecule has 0 radical (unpaired) electrons. The topological polar surface area (TPSA) is 26.0 Å². The molecule has 1 nitrogen and oxygen atoms in total. The van der Waals surface area contributed by atoms with Gasteiger partial charge in [-0.25, -0.2) is 0 Å². The van der Waals surface area contributed by atoms with Gasteiger partial charge in [-0.3, -0.25) is 0 Å². The second-order valence-electron chi connectivity index (χ2n) is 3.16. The van der Waals surface area contributed by atoms with Gasteiger partial charge in [0.05, 0.1) is 0 Å². The molecule has 1 unspecified atom stereocenters. The van der Waals surface area contributed by atoms with E-state index in [4.69, 9.17) is 5.73 Å². The minimum absolute atomic E-state index is 0.481. The minimum Gasteiger partial charge on any atom is -0.327 e. The van der Waals surface area contributed by atoms with Gasteiger partial charge in [-0.15, -0.1) is 0 Å². The molecule has 1 atom stereocenters. The van der Waals surface area contributed by atoms with Gasteiger partial charge in [-0.05, 0) is 24.7 Å². The molecule has 1 rings (SSSR count). The summed E-state index contributed by atoms with van der Waals surface area (Å²) in [6.07, 6.45) is 2.75. The van der Waals surface area contributed by atoms with Gasteiger partial charge in [-0.1, -0.05) is 13.8 Å². The first-order valence-corrected chi connectivity index (χ1v) is 3.47. The van der Waals surface area contributed by atoms with Gasteiger partial charge in [0.25, 0.3) is 0 Å². The molecule has 0 aromatic carbocycles. The molecule has 2 N–H and O–H groups in total. The van der Waals surface area contributed by atoms with Crippen LogP contribution in [0.25, 0.3) is 0 Å². The maximum atomic E-state index is 5.82. The van der Waals surface area contributed by atoms with E-state index in [1.165, 1.54) is 12.8 Å². The minimum atomic E-state index is 0.481. The van der Waals surface area contributed by atoms with Gasteiger partial charge < -0.3 is 5.73 Å². The fourth-order valence-electron chi connectivity index (χ4n) is 1.03. The zero-order chi connectivity index (χ0) is 6.15. The van der Waals surface area contributed by atoms with Crippen LogP contribution in [0.3, 0.4) is 0 Å². The number of nitrogens with two attached hydrogens (primary N) is 1. The molecule has 0 bridgehead atoms. The summed E-state index contributed by atoms with van der Waals surface area (Å²) >= 11 is 0. The van der Waals surface area contributed by atoms with Crippen molar-refractivity contribution in [2.75, 3.05) is 0 Å². The van der Waals surface area contributed by atoms with Crippen LogP contribution in [0, 0.1) is 11.8 Å². The maximum absolute atomic E-state index is 5.82. The highest BCUT2D eigenvalue weighted by atomic mass is 14.7. The Labute approximate surface area is 51.3 Å². The largest absolute Gasteiger partial charge is 0.327 e. The molecule has 0 spiro atoms. The van der Waals surface area contributed by atoms with Gasteiger partial charge in [0.2, 0.25) is 0 Å². The van der Waals surface area contributed by atoms with Crippen molar-refractivity contribution in [2.45, 2.75) is 32.7 Å². The van der Waals surface area contributed by atoms with E-state index in [2.05, 4.69) is 13.8 Å². The maximum Gasteiger partial charge on any atom is 0.00903 e. The second kappa shape index (κ2) is 2.06. The van der Waals surface area contributed by atoms with Crippen molar-refractivity contribution in [1.82, 2.24) is 0 Å². The molecule has 0 amide bonds. The van der Waals surface area contributed by atoms with E-state index in [-0.39, 0.29) is 0 Å². The van der Waals surface area contributed by atoms with E-state index < -0.39 is 0 Å². The lowest BCUT2D eigenvalue weighted by Gasteiger charge is -2.12. The summed E-state index contributed by atoms with van der Waals surface area (Å²) in [5, 5.41) is 0. The third-order valence-corrected chi connectivity index (χ3v) is 1.94. The molecular formula is C7H15N. The van der Waals surface area contributed by atoms with Crippen LogP contribution in [0.4, 0.5) is 0 Å². The van der Waals surface area contributed by atoms with E-state index >= 15 is 0 Å². The van der Waals surface area contributed by atoms with Crippen molar-refractivity contribution in [3.63, 3.8) is 0 Å². The SMILES string of the molecule is CC(C)C(N)C1CC1. The van der Waals surface area contributed by atoms with Crippen molar-refractivity contribution in [3.8, 4) is 0 Å². The van der Waals surface area contributed by atoms with Crippen LogP contribution in [0.5, 0.6) is 0 Å². The Morgan fingerprint density at radius 1 is 1.38 bits per heavy atom. The van der Waals surface area contributed by atoms with Crippen molar-refractivity contribution in [3.05, 3.63) is 0 Å². The summed E-state index contributed by atoms with van der Waals surface area (Å²) in [6, 6.07) is 0.481. The lowest BCUT2D eigenvalue weighted by atomic mass is 10.0. The van der Waals surface area contributed by atoms with E-state index in [1.807, 2.05) is 0 Å². The fraction of sp³-hybridized carbons (Fsp3) is 1.00. The molecule has 1 saturated carbocycles. The number of rotatable bonds is 2. The monoisotopic (exact) mass is 113 g/mol. The molecule has 0 saturated heterocycles. The first kappa shape index (κ1) is 6.09. The summed E-state index contributed by atoms with van der Waals surface area (Å²) in [7, 11) is 0. The Morgan fingerprint density at radius 3 is 2.00 bits per heavy atom. The smallest absolute Gasteiger partial charge is 0.00903 e. The van der Waals surface area contributed by atoms with Gasteiger partial charge in [0, 0.05) is 6.04 Å². The zero-order valence-electron chi connectivity index (χ0n) is 5.72. The molecule has 0 aromatic rings. The predicted octanol–water partition coefficient (Wildman–Crippen LogP) is 1.38. The van der Waals surface area contributed by atoms with Gasteiger partial charge in [0.1, 0.15) is 0 Å². The Hall–Kier alpha value is -0.0400. The summed E-state index contributed by atoms with van der Waals surface area (Å²) in [4.78, 5) is 0. The van der Waals surface area contributed by atoms with Crippen molar-refractivity contribution in [2.24, 2.45) is 17.6 Å². The normalized spacial score (nSPS) is 24.0. The van der Waals surface area contributed by atoms with Gasteiger partial charge in [-0.2, -0.15) is 0 Å². The molecule has 1 heteroatoms. The third-order valence-electron chi connectivity index (χ3n) is 1.94. The van der Waals surface area contributed by atoms with Crippen LogP contribution >= 0.6 is 0 Å². The average molecular weight is 113 g/mol. The van der Waals surface area contributed by atoms with Crippen LogP contribution in [0.2, 0.25) is 0 Å². The van der Waals surface area contributed by atoms with Crippen molar-refractivity contribution >= 4 is 0 Å². The van der Waals surface area contributed by atoms with Crippen molar-refractivity contribution in [1.29, 1.82) is 0 Å². The third kappa shape index (κ3) is 1.22. The Bertz CT molecular complexity index is 72.5. The highest BCUT2D eigenvalue weighted by Gasteiger charge is 2.29. The highest BCUT2D eigenvalue weighted by molar-refractivity contribution is 4.85. The Morgan fingerprint density at radius 2 is 1.88 bits per heavy atom. The van der Waals surface area contributed by atoms with Crippen molar-refractivity contribution < 1.29 is 0 Å². The predicted molar refractivity (Wildman–Crippen MR) is 35.5 cm³/mol. The summed E-state index contributed by atoms with van der Waals surface area (Å²) < 4.78 is 0.